The normalized spacial score (nSPS) is 10.0. The van der Waals surface area contributed by atoms with Gasteiger partial charge in [-0.25, -0.2) is 0 Å². The van der Waals surface area contributed by atoms with Gasteiger partial charge in [0, 0.05) is 0 Å². The van der Waals surface area contributed by atoms with Gasteiger partial charge in [-0.05, 0) is 26.0 Å². The second kappa shape index (κ2) is 14.0. The molecule has 0 aromatic rings. The van der Waals surface area contributed by atoms with Crippen molar-refractivity contribution >= 4 is 11.6 Å². The summed E-state index contributed by atoms with van der Waals surface area (Å²) in [5.41, 5.74) is 0. The molecule has 6 heteroatoms. The van der Waals surface area contributed by atoms with E-state index in [-0.39, 0.29) is 47.1 Å². The number of hydrogen-bond acceptors (Lipinski definition) is 4. The molecule has 0 unspecified atom stereocenters. The molecule has 0 fully saturated rings. The minimum Gasteiger partial charge on any atom is -0.876 e. The van der Waals surface area contributed by atoms with Crippen LogP contribution in [0.25, 0.3) is 0 Å². The molecular weight excluding hydrogens is 251 g/mol. The Labute approximate surface area is 107 Å². The molecule has 0 amide bonds. The summed E-state index contributed by atoms with van der Waals surface area (Å²) in [5.74, 6) is -0.750. The predicted molar refractivity (Wildman–Crippen MR) is 52.5 cm³/mol. The fraction of sp³-hybridized carbons (Fsp3) is 0.400. The van der Waals surface area contributed by atoms with E-state index in [1.807, 2.05) is 0 Å². The van der Waals surface area contributed by atoms with E-state index in [1.165, 1.54) is 27.7 Å². The second-order valence-electron chi connectivity index (χ2n) is 2.73. The molecular formula is C10H16O5V. The first-order valence-electron chi connectivity index (χ1n) is 3.97. The Bertz CT molecular complexity index is 232. The van der Waals surface area contributed by atoms with Crippen molar-refractivity contribution in [3.63, 3.8) is 0 Å². The fourth-order valence-electron chi connectivity index (χ4n) is 0.572. The SMILES string of the molecule is CC(=O)/C=C(/C)[O-].CC(=O)/C=C(\C)[O-].O.[V+2]. The van der Waals surface area contributed by atoms with Gasteiger partial charge in [0.05, 0.1) is 0 Å². The van der Waals surface area contributed by atoms with E-state index >= 15 is 0 Å². The van der Waals surface area contributed by atoms with Gasteiger partial charge in [-0.15, -0.1) is 11.5 Å². The van der Waals surface area contributed by atoms with Gasteiger partial charge in [0.2, 0.25) is 0 Å². The summed E-state index contributed by atoms with van der Waals surface area (Å²) >= 11 is 0. The summed E-state index contributed by atoms with van der Waals surface area (Å²) in [6.07, 6.45) is 2.11. The van der Waals surface area contributed by atoms with Gasteiger partial charge in [0.25, 0.3) is 0 Å². The Morgan fingerprint density at radius 2 is 1.00 bits per heavy atom. The van der Waals surface area contributed by atoms with Crippen molar-refractivity contribution in [1.29, 1.82) is 0 Å². The minimum absolute atomic E-state index is 0. The Morgan fingerprint density at radius 1 is 0.812 bits per heavy atom. The Balaban J connectivity index is -0.0000000800. The van der Waals surface area contributed by atoms with Crippen LogP contribution in [0.2, 0.25) is 0 Å². The van der Waals surface area contributed by atoms with Gasteiger partial charge in [-0.1, -0.05) is 13.8 Å². The van der Waals surface area contributed by atoms with Crippen molar-refractivity contribution in [3.8, 4) is 0 Å². The fourth-order valence-corrected chi connectivity index (χ4v) is 0.572. The van der Waals surface area contributed by atoms with E-state index in [1.54, 1.807) is 0 Å². The predicted octanol–water partition coefficient (Wildman–Crippen LogP) is -1.15. The molecule has 0 aromatic heterocycles. The van der Waals surface area contributed by atoms with Crippen molar-refractivity contribution in [1.82, 2.24) is 0 Å². The van der Waals surface area contributed by atoms with Crippen LogP contribution < -0.4 is 10.2 Å². The monoisotopic (exact) mass is 267 g/mol. The van der Waals surface area contributed by atoms with E-state index < -0.39 is 0 Å². The first-order chi connectivity index (χ1) is 6.25. The molecule has 0 aliphatic heterocycles. The molecule has 0 aromatic carbocycles. The van der Waals surface area contributed by atoms with Crippen LogP contribution in [0.5, 0.6) is 0 Å². The van der Waals surface area contributed by atoms with E-state index in [9.17, 15) is 19.8 Å². The Kier molecular flexibility index (Phi) is 21.2. The van der Waals surface area contributed by atoms with Crippen molar-refractivity contribution in [3.05, 3.63) is 23.7 Å². The zero-order chi connectivity index (χ0) is 11.7. The third-order valence-electron chi connectivity index (χ3n) is 0.813. The van der Waals surface area contributed by atoms with Crippen LogP contribution in [-0.4, -0.2) is 17.0 Å². The zero-order valence-corrected chi connectivity index (χ0v) is 11.1. The van der Waals surface area contributed by atoms with Crippen LogP contribution in [0.4, 0.5) is 0 Å². The molecule has 5 nitrogen and oxygen atoms in total. The molecule has 0 saturated heterocycles. The molecule has 91 valence electrons. The van der Waals surface area contributed by atoms with E-state index in [4.69, 9.17) is 0 Å². The van der Waals surface area contributed by atoms with Gasteiger partial charge in [0.15, 0.2) is 11.6 Å². The quantitative estimate of drug-likeness (QED) is 0.464. The van der Waals surface area contributed by atoms with E-state index in [0.29, 0.717) is 0 Å². The van der Waals surface area contributed by atoms with E-state index in [0.717, 1.165) is 12.2 Å². The minimum atomic E-state index is -0.187. The third kappa shape index (κ3) is 38.3. The summed E-state index contributed by atoms with van der Waals surface area (Å²) in [4.78, 5) is 20.0. The maximum absolute atomic E-state index is 9.98. The largest absolute Gasteiger partial charge is 2.00 e. The van der Waals surface area contributed by atoms with Crippen LogP contribution in [0.3, 0.4) is 0 Å². The standard InChI is InChI=1S/2C5H8O2.H2O.V/c2*1-4(6)3-5(2)7;;/h2*3,6H,1-2H3;1H2;/q;;;+2/p-2/b4-3+;4-3-;;. The van der Waals surface area contributed by atoms with Crippen LogP contribution in [0.1, 0.15) is 27.7 Å². The summed E-state index contributed by atoms with van der Waals surface area (Å²) < 4.78 is 0. The van der Waals surface area contributed by atoms with Crippen LogP contribution in [0, 0.1) is 0 Å². The number of hydrogen-bond donors (Lipinski definition) is 0. The molecule has 2 N–H and O–H groups in total. The number of allylic oxidation sites excluding steroid dienone is 4. The maximum Gasteiger partial charge on any atom is 2.00 e. The first-order valence-corrected chi connectivity index (χ1v) is 3.97. The summed E-state index contributed by atoms with van der Waals surface area (Å²) in [5, 5.41) is 20.0. The zero-order valence-electron chi connectivity index (χ0n) is 9.73. The van der Waals surface area contributed by atoms with Gasteiger partial charge in [0.1, 0.15) is 0 Å². The molecule has 0 spiro atoms. The molecule has 16 heavy (non-hydrogen) atoms. The second-order valence-corrected chi connectivity index (χ2v) is 2.73. The third-order valence-corrected chi connectivity index (χ3v) is 0.813. The molecule has 0 bridgehead atoms. The topological polar surface area (TPSA) is 112 Å². The summed E-state index contributed by atoms with van der Waals surface area (Å²) in [6.45, 7) is 5.39. The summed E-state index contributed by atoms with van der Waals surface area (Å²) in [6, 6.07) is 0. The van der Waals surface area contributed by atoms with Crippen molar-refractivity contribution in [2.45, 2.75) is 27.7 Å². The molecule has 0 rings (SSSR count). The number of ketones is 2. The van der Waals surface area contributed by atoms with Gasteiger partial charge in [-0.3, -0.25) is 9.59 Å². The molecule has 0 aliphatic carbocycles. The maximum atomic E-state index is 9.98. The van der Waals surface area contributed by atoms with Gasteiger partial charge < -0.3 is 15.7 Å². The summed E-state index contributed by atoms with van der Waals surface area (Å²) in [7, 11) is 0. The Hall–Kier alpha value is -1.04. The first kappa shape index (κ1) is 24.3. The molecule has 0 saturated carbocycles. The van der Waals surface area contributed by atoms with Crippen LogP contribution >= 0.6 is 0 Å². The van der Waals surface area contributed by atoms with Crippen LogP contribution in [0.15, 0.2) is 23.7 Å². The van der Waals surface area contributed by atoms with Gasteiger partial charge >= 0.3 is 18.6 Å². The van der Waals surface area contributed by atoms with Crippen LogP contribution in [-0.2, 0) is 28.1 Å². The number of carbonyl (C=O) groups excluding carboxylic acids is 2. The average Bonchev–Trinajstić information content (AvgIpc) is 1.79. The molecule has 0 aliphatic rings. The van der Waals surface area contributed by atoms with Gasteiger partial charge in [-0.2, -0.15) is 0 Å². The smallest absolute Gasteiger partial charge is 0.876 e. The van der Waals surface area contributed by atoms with E-state index in [2.05, 4.69) is 0 Å². The Morgan fingerprint density at radius 3 is 1.00 bits per heavy atom. The molecule has 0 atom stereocenters. The average molecular weight is 267 g/mol. The molecule has 0 heterocycles. The number of rotatable bonds is 2. The number of carbonyl (C=O) groups is 2. The van der Waals surface area contributed by atoms with Crippen molar-refractivity contribution < 1.29 is 43.8 Å². The van der Waals surface area contributed by atoms with Crippen molar-refractivity contribution in [2.24, 2.45) is 0 Å². The molecule has 1 radical (unpaired) electrons. The van der Waals surface area contributed by atoms with Crippen molar-refractivity contribution in [2.75, 3.05) is 0 Å².